The van der Waals surface area contributed by atoms with E-state index < -0.39 is 60.0 Å². The van der Waals surface area contributed by atoms with E-state index in [1.165, 1.54) is 9.80 Å². The lowest BCUT2D eigenvalue weighted by molar-refractivity contribution is -0.154. The van der Waals surface area contributed by atoms with Crippen molar-refractivity contribution in [2.45, 2.75) is 76.9 Å². The van der Waals surface area contributed by atoms with Gasteiger partial charge < -0.3 is 39.0 Å². The fourth-order valence-electron chi connectivity index (χ4n) is 6.92. The van der Waals surface area contributed by atoms with Gasteiger partial charge in [0.15, 0.2) is 0 Å². The summed E-state index contributed by atoms with van der Waals surface area (Å²) >= 11 is 0. The number of aromatic amines is 1. The average molecular weight is 832 g/mol. The molecule has 1 aromatic heterocycles. The van der Waals surface area contributed by atoms with Crippen molar-refractivity contribution < 1.29 is 52.5 Å². The summed E-state index contributed by atoms with van der Waals surface area (Å²) in [4.78, 5) is 100. The molecule has 322 valence electrons. The fraction of sp³-hybridized carbons (Fsp3) is 0.476. The number of unbranched alkanes of at least 4 members (excludes halogenated alkanes) is 2. The molecule has 2 aliphatic heterocycles. The third kappa shape index (κ3) is 11.4. The molecule has 0 saturated carbocycles. The number of nitrogens with zero attached hydrogens (tertiary/aromatic N) is 3. The number of benzene rings is 2. The molecule has 0 aliphatic carbocycles. The number of H-pyrrole nitrogens is 1. The van der Waals surface area contributed by atoms with Crippen molar-refractivity contribution in [1.82, 2.24) is 30.4 Å². The summed E-state index contributed by atoms with van der Waals surface area (Å²) in [5.41, 5.74) is 3.98. The van der Waals surface area contributed by atoms with Crippen LogP contribution < -0.4 is 16.0 Å². The minimum Gasteiger partial charge on any atom is -0.464 e. The summed E-state index contributed by atoms with van der Waals surface area (Å²) < 4.78 is 19.7. The second-order valence-electron chi connectivity index (χ2n) is 14.5. The van der Waals surface area contributed by atoms with E-state index in [1.807, 2.05) is 50.2 Å². The second kappa shape index (κ2) is 21.5. The number of esters is 2. The Morgan fingerprint density at radius 3 is 1.87 bits per heavy atom. The minimum atomic E-state index is -1.58. The number of alkyl carbamates (subject to hydrolysis) is 2. The average Bonchev–Trinajstić information content (AvgIpc) is 4.07. The van der Waals surface area contributed by atoms with Crippen LogP contribution >= 0.6 is 0 Å². The van der Waals surface area contributed by atoms with E-state index in [0.717, 1.165) is 49.4 Å². The summed E-state index contributed by atoms with van der Waals surface area (Å²) in [6, 6.07) is 11.5. The van der Waals surface area contributed by atoms with Crippen molar-refractivity contribution in [3.63, 3.8) is 0 Å². The molecule has 0 radical (unpaired) electrons. The number of likely N-dealkylation sites (tertiary alicyclic amines) is 2. The van der Waals surface area contributed by atoms with Crippen molar-refractivity contribution in [2.24, 2.45) is 5.92 Å². The van der Waals surface area contributed by atoms with Crippen LogP contribution in [0.1, 0.15) is 70.7 Å². The number of carbonyl (C=O) groups is 7. The lowest BCUT2D eigenvalue weighted by atomic mass is 10.0. The van der Waals surface area contributed by atoms with Gasteiger partial charge in [0.05, 0.1) is 51.3 Å². The molecule has 5 amide bonds. The van der Waals surface area contributed by atoms with E-state index in [0.29, 0.717) is 50.2 Å². The van der Waals surface area contributed by atoms with E-state index in [2.05, 4.69) is 35.4 Å². The Morgan fingerprint density at radius 2 is 1.30 bits per heavy atom. The summed E-state index contributed by atoms with van der Waals surface area (Å²) in [5, 5.41) is 7.48. The maximum absolute atomic E-state index is 13.6. The van der Waals surface area contributed by atoms with Crippen LogP contribution in [-0.2, 0) is 42.9 Å². The Bertz CT molecular complexity index is 1990. The molecule has 2 fully saturated rings. The number of ether oxygens (including phenoxy) is 4. The first kappa shape index (κ1) is 44.6. The number of methoxy groups -OCH3 is 2. The highest BCUT2D eigenvalue weighted by Crippen LogP contribution is 2.33. The van der Waals surface area contributed by atoms with Crippen LogP contribution in [0.5, 0.6) is 0 Å². The van der Waals surface area contributed by atoms with Gasteiger partial charge in [-0.05, 0) is 60.9 Å². The number of anilines is 1. The number of amides is 5. The molecule has 60 heavy (non-hydrogen) atoms. The van der Waals surface area contributed by atoms with Crippen molar-refractivity contribution in [3.8, 4) is 22.4 Å². The highest BCUT2D eigenvalue weighted by Gasteiger charge is 2.41. The van der Waals surface area contributed by atoms with Crippen molar-refractivity contribution in [2.75, 3.05) is 52.4 Å². The molecule has 3 aromatic rings. The largest absolute Gasteiger partial charge is 0.464 e. The normalized spacial score (nSPS) is 16.9. The zero-order chi connectivity index (χ0) is 43.2. The Labute approximate surface area is 348 Å². The predicted octanol–water partition coefficient (Wildman–Crippen LogP) is 4.33. The number of nitrogens with one attached hydrogen (secondary N) is 4. The van der Waals surface area contributed by atoms with Gasteiger partial charge in [-0.1, -0.05) is 63.1 Å². The molecule has 0 bridgehead atoms. The number of imidazole rings is 1. The SMILES string of the molecule is CCCCOC(=O)[C@@H](NC(=O)OC)C(=O)N1CC[C@@H](C(=O)Nc2ccc(-c3ccc(-c4cnc([C@@H]5CCCN5C(=O)[C@@H](NC(=O)OC)C(=O)OCCCC)[nH]4)cc3)cc2)C1. The van der Waals surface area contributed by atoms with Crippen LogP contribution in [0.2, 0.25) is 0 Å². The molecular formula is C42H53N7O11. The smallest absolute Gasteiger partial charge is 0.407 e. The van der Waals surface area contributed by atoms with Crippen molar-refractivity contribution >= 4 is 47.5 Å². The third-order valence-corrected chi connectivity index (χ3v) is 10.3. The van der Waals surface area contributed by atoms with E-state index in [9.17, 15) is 33.6 Å². The van der Waals surface area contributed by atoms with E-state index >= 15 is 0 Å². The number of hydrogen-bond acceptors (Lipinski definition) is 12. The highest BCUT2D eigenvalue weighted by molar-refractivity contribution is 6.05. The molecule has 18 heteroatoms. The molecule has 4 N–H and O–H groups in total. The van der Waals surface area contributed by atoms with E-state index in [-0.39, 0.29) is 32.2 Å². The van der Waals surface area contributed by atoms with Crippen LogP contribution in [0, 0.1) is 5.92 Å². The maximum atomic E-state index is 13.6. The molecule has 0 unspecified atom stereocenters. The summed E-state index contributed by atoms with van der Waals surface area (Å²) in [6.07, 6.45) is 4.28. The Kier molecular flexibility index (Phi) is 16.0. The van der Waals surface area contributed by atoms with Crippen LogP contribution in [0.3, 0.4) is 0 Å². The zero-order valence-corrected chi connectivity index (χ0v) is 34.3. The van der Waals surface area contributed by atoms with Crippen LogP contribution in [-0.4, -0.2) is 121 Å². The Balaban J connectivity index is 1.17. The third-order valence-electron chi connectivity index (χ3n) is 10.3. The number of carbonyl (C=O) groups excluding carboxylic acids is 7. The van der Waals surface area contributed by atoms with Gasteiger partial charge in [0, 0.05) is 25.3 Å². The summed E-state index contributed by atoms with van der Waals surface area (Å²) in [6.45, 7) is 4.77. The molecule has 3 heterocycles. The first-order valence-corrected chi connectivity index (χ1v) is 20.2. The standard InChI is InChI=1S/C42H53N7O11/c1-5-7-22-59-39(53)33(46-41(55)57-3)37(51)48-21-19-29(25-48)36(50)44-30-17-15-27(16-18-30)26-11-13-28(14-12-26)31-24-43-35(45-31)32-10-9-20-49(32)38(52)34(47-42(56)58-4)40(54)60-23-8-6-2/h11-18,24,29,32-34H,5-10,19-23,25H2,1-4H3,(H,43,45)(H,44,50)(H,46,55)(H,47,56)/t29-,32+,33+,34-/m1/s1. The van der Waals surface area contributed by atoms with Gasteiger partial charge in [-0.3, -0.25) is 25.0 Å². The van der Waals surface area contributed by atoms with Gasteiger partial charge in [-0.25, -0.2) is 24.2 Å². The minimum absolute atomic E-state index is 0.0657. The lowest BCUT2D eigenvalue weighted by Crippen LogP contribution is -2.53. The van der Waals surface area contributed by atoms with Crippen LogP contribution in [0.25, 0.3) is 22.4 Å². The van der Waals surface area contributed by atoms with Gasteiger partial charge in [0.2, 0.25) is 18.0 Å². The van der Waals surface area contributed by atoms with Crippen molar-refractivity contribution in [1.29, 1.82) is 0 Å². The second-order valence-corrected chi connectivity index (χ2v) is 14.5. The molecule has 2 saturated heterocycles. The van der Waals surface area contributed by atoms with Gasteiger partial charge in [-0.2, -0.15) is 0 Å². The van der Waals surface area contributed by atoms with Gasteiger partial charge in [0.1, 0.15) is 5.82 Å². The predicted molar refractivity (Wildman–Crippen MR) is 217 cm³/mol. The molecule has 4 atom stereocenters. The first-order valence-electron chi connectivity index (χ1n) is 20.2. The van der Waals surface area contributed by atoms with Gasteiger partial charge in [0.25, 0.3) is 11.8 Å². The summed E-state index contributed by atoms with van der Waals surface area (Å²) in [5.74, 6) is -3.27. The number of hydrogen-bond donors (Lipinski definition) is 4. The van der Waals surface area contributed by atoms with Crippen molar-refractivity contribution in [3.05, 3.63) is 60.6 Å². The highest BCUT2D eigenvalue weighted by atomic mass is 16.6. The fourth-order valence-corrected chi connectivity index (χ4v) is 6.92. The summed E-state index contributed by atoms with van der Waals surface area (Å²) in [7, 11) is 2.27. The molecular weight excluding hydrogens is 778 g/mol. The Hall–Kier alpha value is -6.46. The molecule has 2 aromatic carbocycles. The molecule has 0 spiro atoms. The topological polar surface area (TPSA) is 228 Å². The first-order chi connectivity index (χ1) is 29.0. The van der Waals surface area contributed by atoms with E-state index in [4.69, 9.17) is 9.47 Å². The van der Waals surface area contributed by atoms with Gasteiger partial charge >= 0.3 is 24.1 Å². The van der Waals surface area contributed by atoms with E-state index in [1.54, 1.807) is 18.3 Å². The monoisotopic (exact) mass is 831 g/mol. The number of rotatable bonds is 17. The lowest BCUT2D eigenvalue weighted by Gasteiger charge is -2.27. The van der Waals surface area contributed by atoms with Gasteiger partial charge in [-0.15, -0.1) is 0 Å². The Morgan fingerprint density at radius 1 is 0.750 bits per heavy atom. The molecule has 18 nitrogen and oxygen atoms in total. The van der Waals surface area contributed by atoms with Crippen LogP contribution in [0.4, 0.5) is 15.3 Å². The van der Waals surface area contributed by atoms with Crippen LogP contribution in [0.15, 0.2) is 54.7 Å². The molecule has 2 aliphatic rings. The quantitative estimate of drug-likeness (QED) is 0.0645. The number of aromatic nitrogens is 2. The molecule has 5 rings (SSSR count). The zero-order valence-electron chi connectivity index (χ0n) is 34.3. The maximum Gasteiger partial charge on any atom is 0.407 e.